The Morgan fingerprint density at radius 1 is 1.21 bits per heavy atom. The van der Waals surface area contributed by atoms with Crippen molar-refractivity contribution in [2.75, 3.05) is 13.2 Å². The second-order valence-electron chi connectivity index (χ2n) is 9.40. The lowest BCUT2D eigenvalue weighted by Crippen LogP contribution is -2.54. The maximum atomic E-state index is 13.4. The molecule has 2 aromatic carbocycles. The summed E-state index contributed by atoms with van der Waals surface area (Å²) in [6.07, 6.45) is 1.13. The van der Waals surface area contributed by atoms with E-state index in [9.17, 15) is 14.7 Å². The number of para-hydroxylation sites is 1. The summed E-state index contributed by atoms with van der Waals surface area (Å²) in [6, 6.07) is 11.9. The molecule has 2 saturated heterocycles. The van der Waals surface area contributed by atoms with Gasteiger partial charge in [0.2, 0.25) is 0 Å². The number of hydrogen-bond donors (Lipinski definition) is 2. The van der Waals surface area contributed by atoms with E-state index in [1.54, 1.807) is 36.4 Å². The summed E-state index contributed by atoms with van der Waals surface area (Å²) in [6.45, 7) is 4.10. The van der Waals surface area contributed by atoms with Crippen LogP contribution in [0.3, 0.4) is 0 Å². The molecule has 3 heterocycles. The largest absolute Gasteiger partial charge is 0.504 e. The molecule has 1 amide bonds. The molecule has 2 aromatic rings. The zero-order valence-corrected chi connectivity index (χ0v) is 18.6. The number of likely N-dealkylation sites (tertiary alicyclic amines) is 1. The number of rotatable bonds is 4. The normalized spacial score (nSPS) is 27.0. The third kappa shape index (κ3) is 3.78. The summed E-state index contributed by atoms with van der Waals surface area (Å²) in [4.78, 5) is 26.0. The monoisotopic (exact) mass is 453 g/mol. The van der Waals surface area contributed by atoms with Crippen molar-refractivity contribution in [2.24, 2.45) is 5.92 Å². The van der Waals surface area contributed by atoms with Crippen LogP contribution in [0.25, 0.3) is 0 Å². The van der Waals surface area contributed by atoms with Crippen LogP contribution >= 0.6 is 0 Å². The minimum atomic E-state index is -1.07. The Kier molecular flexibility index (Phi) is 5.20. The average molecular weight is 453 g/mol. The Labute approximate surface area is 191 Å². The van der Waals surface area contributed by atoms with Gasteiger partial charge in [0.25, 0.3) is 5.91 Å². The average Bonchev–Trinajstić information content (AvgIpc) is 3.20. The first kappa shape index (κ1) is 21.6. The van der Waals surface area contributed by atoms with Crippen LogP contribution in [-0.4, -0.2) is 57.9 Å². The van der Waals surface area contributed by atoms with Crippen molar-refractivity contribution < 1.29 is 34.0 Å². The number of phenols is 1. The predicted molar refractivity (Wildman–Crippen MR) is 118 cm³/mol. The number of ether oxygens (including phenoxy) is 3. The fourth-order valence-corrected chi connectivity index (χ4v) is 5.37. The van der Waals surface area contributed by atoms with Gasteiger partial charge in [-0.1, -0.05) is 18.2 Å². The number of carbonyl (C=O) groups is 2. The Bertz CT molecular complexity index is 1100. The van der Waals surface area contributed by atoms with Crippen molar-refractivity contribution >= 4 is 11.9 Å². The van der Waals surface area contributed by atoms with Crippen molar-refractivity contribution in [3.8, 4) is 17.2 Å². The van der Waals surface area contributed by atoms with Gasteiger partial charge >= 0.3 is 5.97 Å². The molecule has 3 aliphatic rings. The van der Waals surface area contributed by atoms with Crippen molar-refractivity contribution in [3.05, 3.63) is 53.6 Å². The second-order valence-corrected chi connectivity index (χ2v) is 9.40. The van der Waals surface area contributed by atoms with E-state index in [1.807, 2.05) is 24.8 Å². The number of hydrogen-bond acceptors (Lipinski definition) is 6. The maximum Gasteiger partial charge on any atom is 0.341 e. The molecule has 0 radical (unpaired) electrons. The highest BCUT2D eigenvalue weighted by Gasteiger charge is 2.54. The highest BCUT2D eigenvalue weighted by atomic mass is 16.5. The van der Waals surface area contributed by atoms with Gasteiger partial charge in [-0.15, -0.1) is 0 Å². The molecule has 4 atom stereocenters. The molecular formula is C25H27NO7. The lowest BCUT2D eigenvalue weighted by atomic mass is 9.74. The predicted octanol–water partition coefficient (Wildman–Crippen LogP) is 3.39. The first-order chi connectivity index (χ1) is 15.7. The van der Waals surface area contributed by atoms with Crippen LogP contribution in [0.4, 0.5) is 0 Å². The number of aliphatic carboxylic acids is 1. The van der Waals surface area contributed by atoms with Gasteiger partial charge in [-0.05, 0) is 51.0 Å². The molecule has 0 aliphatic carbocycles. The van der Waals surface area contributed by atoms with Crippen molar-refractivity contribution in [1.82, 2.24) is 4.90 Å². The van der Waals surface area contributed by atoms with Crippen molar-refractivity contribution in [3.63, 3.8) is 0 Å². The summed E-state index contributed by atoms with van der Waals surface area (Å²) in [7, 11) is 0. The number of phenolic OH excluding ortho intramolecular Hbond substituents is 1. The van der Waals surface area contributed by atoms with E-state index in [4.69, 9.17) is 19.3 Å². The van der Waals surface area contributed by atoms with Crippen LogP contribution in [-0.2, 0) is 9.53 Å². The Balaban J connectivity index is 1.38. The first-order valence-electron chi connectivity index (χ1n) is 11.2. The van der Waals surface area contributed by atoms with Crippen LogP contribution in [0.2, 0.25) is 0 Å². The highest BCUT2D eigenvalue weighted by Crippen LogP contribution is 2.54. The summed E-state index contributed by atoms with van der Waals surface area (Å²) in [5.74, 6) is -0.263. The number of carboxylic acids is 1. The molecule has 8 nitrogen and oxygen atoms in total. The van der Waals surface area contributed by atoms with Gasteiger partial charge < -0.3 is 29.3 Å². The van der Waals surface area contributed by atoms with E-state index < -0.39 is 18.2 Å². The SMILES string of the molecule is CC1(C)Oc2c(O)cccc2[C@H]2O[C@H]3CCN(C(=O)c4cccc(OCC(=O)O)c4)[C@H]3C[C@@H]21. The van der Waals surface area contributed by atoms with Gasteiger partial charge in [0.1, 0.15) is 11.4 Å². The molecule has 0 saturated carbocycles. The van der Waals surface area contributed by atoms with Crippen molar-refractivity contribution in [2.45, 2.75) is 50.5 Å². The van der Waals surface area contributed by atoms with Crippen LogP contribution in [0, 0.1) is 5.92 Å². The molecule has 3 aliphatic heterocycles. The number of carboxylic acid groups (broad SMARTS) is 1. The number of benzene rings is 2. The van der Waals surface area contributed by atoms with Gasteiger partial charge in [-0.2, -0.15) is 0 Å². The molecule has 2 N–H and O–H groups in total. The molecule has 2 fully saturated rings. The van der Waals surface area contributed by atoms with E-state index in [0.717, 1.165) is 18.4 Å². The zero-order valence-electron chi connectivity index (χ0n) is 18.6. The summed E-state index contributed by atoms with van der Waals surface area (Å²) in [5, 5.41) is 19.2. The summed E-state index contributed by atoms with van der Waals surface area (Å²) >= 11 is 0. The molecular weight excluding hydrogens is 426 g/mol. The second kappa shape index (κ2) is 7.95. The quantitative estimate of drug-likeness (QED) is 0.731. The van der Waals surface area contributed by atoms with Gasteiger partial charge in [0.05, 0.1) is 18.2 Å². The van der Waals surface area contributed by atoms with E-state index in [0.29, 0.717) is 23.6 Å². The van der Waals surface area contributed by atoms with Crippen LogP contribution in [0.15, 0.2) is 42.5 Å². The molecule has 33 heavy (non-hydrogen) atoms. The highest BCUT2D eigenvalue weighted by molar-refractivity contribution is 5.95. The maximum absolute atomic E-state index is 13.4. The van der Waals surface area contributed by atoms with Gasteiger partial charge in [0.15, 0.2) is 18.1 Å². The van der Waals surface area contributed by atoms with Gasteiger partial charge in [-0.25, -0.2) is 4.79 Å². The summed E-state index contributed by atoms with van der Waals surface area (Å²) < 4.78 is 18.0. The molecule has 8 heteroatoms. The molecule has 5 rings (SSSR count). The van der Waals surface area contributed by atoms with Gasteiger partial charge in [-0.3, -0.25) is 4.79 Å². The zero-order chi connectivity index (χ0) is 23.3. The van der Waals surface area contributed by atoms with Crippen molar-refractivity contribution in [1.29, 1.82) is 0 Å². The third-order valence-corrected chi connectivity index (χ3v) is 6.96. The van der Waals surface area contributed by atoms with E-state index >= 15 is 0 Å². The Morgan fingerprint density at radius 2 is 2.00 bits per heavy atom. The van der Waals surface area contributed by atoms with Crippen LogP contribution in [0.1, 0.15) is 48.7 Å². The fourth-order valence-electron chi connectivity index (χ4n) is 5.37. The molecule has 174 valence electrons. The third-order valence-electron chi connectivity index (χ3n) is 6.96. The molecule has 0 unspecified atom stereocenters. The number of carbonyl (C=O) groups excluding carboxylic acids is 1. The van der Waals surface area contributed by atoms with E-state index in [-0.39, 0.29) is 35.8 Å². The standard InChI is InChI=1S/C25H27NO7/c1-25(2)17-12-18-20(32-22(17)16-7-4-8-19(27)23(16)33-25)9-10-26(18)24(30)14-5-3-6-15(11-14)31-13-21(28)29/h3-8,11,17-18,20,22,27H,9-10,12-13H2,1-2H3,(H,28,29)/t17-,18-,20-,22+/m0/s1. The number of nitrogens with zero attached hydrogens (tertiary/aromatic N) is 1. The number of fused-ring (bicyclic) bond motifs is 4. The topological polar surface area (TPSA) is 106 Å². The van der Waals surface area contributed by atoms with Crippen LogP contribution < -0.4 is 9.47 Å². The smallest absolute Gasteiger partial charge is 0.341 e. The first-order valence-corrected chi connectivity index (χ1v) is 11.2. The molecule has 0 aromatic heterocycles. The number of aromatic hydroxyl groups is 1. The minimum absolute atomic E-state index is 0.00619. The number of amides is 1. The van der Waals surface area contributed by atoms with E-state index in [2.05, 4.69) is 0 Å². The van der Waals surface area contributed by atoms with Gasteiger partial charge in [0, 0.05) is 23.6 Å². The van der Waals surface area contributed by atoms with Crippen LogP contribution in [0.5, 0.6) is 17.2 Å². The fraction of sp³-hybridized carbons (Fsp3) is 0.440. The lowest BCUT2D eigenvalue weighted by molar-refractivity contribution is -0.160. The Morgan fingerprint density at radius 3 is 2.79 bits per heavy atom. The summed E-state index contributed by atoms with van der Waals surface area (Å²) in [5.41, 5.74) is 0.726. The minimum Gasteiger partial charge on any atom is -0.504 e. The lowest BCUT2D eigenvalue weighted by Gasteiger charge is -2.50. The molecule has 0 spiro atoms. The molecule has 0 bridgehead atoms. The van der Waals surface area contributed by atoms with E-state index in [1.165, 1.54) is 0 Å². The Hall–Kier alpha value is -3.26.